The zero-order valence-corrected chi connectivity index (χ0v) is 22.7. The molecule has 0 bridgehead atoms. The molecule has 0 aliphatic heterocycles. The Bertz CT molecular complexity index is 948. The summed E-state index contributed by atoms with van der Waals surface area (Å²) in [6.07, 6.45) is 12.0. The van der Waals surface area contributed by atoms with E-state index in [2.05, 4.69) is 101 Å². The minimum absolute atomic E-state index is 0.483. The van der Waals surface area contributed by atoms with Crippen LogP contribution in [0.5, 0.6) is 0 Å². The van der Waals surface area contributed by atoms with Gasteiger partial charge >= 0.3 is 0 Å². The normalized spacial score (nSPS) is 11.1. The number of nitrogens with one attached hydrogen (secondary N) is 1. The second kappa shape index (κ2) is 20.1. The summed E-state index contributed by atoms with van der Waals surface area (Å²) in [5, 5.41) is 3.57. The summed E-state index contributed by atoms with van der Waals surface area (Å²) in [5.41, 5.74) is 11.5. The van der Waals surface area contributed by atoms with Crippen LogP contribution in [0.3, 0.4) is 0 Å². The van der Waals surface area contributed by atoms with Gasteiger partial charge in [-0.25, -0.2) is 0 Å². The van der Waals surface area contributed by atoms with Crippen LogP contribution in [0.1, 0.15) is 64.2 Å². The predicted molar refractivity (Wildman–Crippen MR) is 157 cm³/mol. The van der Waals surface area contributed by atoms with E-state index < -0.39 is 0 Å². The lowest BCUT2D eigenvalue weighted by Gasteiger charge is -2.15. The van der Waals surface area contributed by atoms with E-state index in [1.54, 1.807) is 6.08 Å². The van der Waals surface area contributed by atoms with Crippen LogP contribution in [-0.4, -0.2) is 6.54 Å². The molecule has 2 aromatic rings. The van der Waals surface area contributed by atoms with E-state index in [4.69, 9.17) is 10.5 Å². The highest BCUT2D eigenvalue weighted by Crippen LogP contribution is 2.23. The van der Waals surface area contributed by atoms with Crippen LogP contribution < -0.4 is 11.1 Å². The van der Waals surface area contributed by atoms with E-state index >= 15 is 0 Å². The molecule has 0 radical (unpaired) electrons. The van der Waals surface area contributed by atoms with E-state index in [0.29, 0.717) is 12.4 Å². The van der Waals surface area contributed by atoms with Gasteiger partial charge in [-0.2, -0.15) is 0 Å². The minimum Gasteiger partial charge on any atom is -0.489 e. The number of ether oxygens (including phenoxy) is 1. The fraction of sp³-hybridized carbons (Fsp3) is 0.312. The first kappa shape index (κ1) is 31.7. The molecule has 0 atom stereocenters. The number of anilines is 1. The molecule has 0 heterocycles. The van der Waals surface area contributed by atoms with Crippen molar-refractivity contribution in [2.24, 2.45) is 5.73 Å². The van der Waals surface area contributed by atoms with Crippen molar-refractivity contribution in [2.45, 2.75) is 61.0 Å². The summed E-state index contributed by atoms with van der Waals surface area (Å²) in [6.45, 7) is 21.3. The van der Waals surface area contributed by atoms with Gasteiger partial charge in [0, 0.05) is 17.0 Å². The highest BCUT2D eigenvalue weighted by atomic mass is 16.5. The highest BCUT2D eigenvalue weighted by molar-refractivity contribution is 5.78. The second-order valence-electron chi connectivity index (χ2n) is 7.83. The molecule has 0 saturated carbocycles. The molecule has 0 aliphatic rings. The summed E-state index contributed by atoms with van der Waals surface area (Å²) in [5.74, 6) is 0.655. The molecule has 35 heavy (non-hydrogen) atoms. The van der Waals surface area contributed by atoms with E-state index in [9.17, 15) is 0 Å². The lowest BCUT2D eigenvalue weighted by atomic mass is 10.1. The molecule has 2 aromatic carbocycles. The summed E-state index contributed by atoms with van der Waals surface area (Å²) in [4.78, 5) is 0. The molecular weight excluding hydrogens is 428 g/mol. The van der Waals surface area contributed by atoms with Gasteiger partial charge in [-0.1, -0.05) is 120 Å². The lowest BCUT2D eigenvalue weighted by Crippen LogP contribution is -2.01. The van der Waals surface area contributed by atoms with Crippen LogP contribution in [0.25, 0.3) is 5.70 Å². The Hall–Kier alpha value is -3.30. The van der Waals surface area contributed by atoms with Gasteiger partial charge in [-0.15, -0.1) is 0 Å². The largest absolute Gasteiger partial charge is 0.489 e. The number of nitrogens with two attached hydrogens (primary N) is 1. The second-order valence-corrected chi connectivity index (χ2v) is 7.83. The van der Waals surface area contributed by atoms with Crippen LogP contribution in [-0.2, 0) is 11.3 Å². The number of allylic oxidation sites excluding steroid dienone is 5. The van der Waals surface area contributed by atoms with Gasteiger partial charge in [0.05, 0.1) is 0 Å². The van der Waals surface area contributed by atoms with E-state index in [1.165, 1.54) is 12.0 Å². The smallest absolute Gasteiger partial charge is 0.119 e. The number of hydrogen-bond acceptors (Lipinski definition) is 3. The minimum atomic E-state index is 0.483. The van der Waals surface area contributed by atoms with Crippen LogP contribution in [0.4, 0.5) is 5.69 Å². The lowest BCUT2D eigenvalue weighted by molar-refractivity contribution is 0.209. The molecule has 0 saturated heterocycles. The maximum Gasteiger partial charge on any atom is 0.119 e. The van der Waals surface area contributed by atoms with Crippen molar-refractivity contribution in [3.8, 4) is 0 Å². The highest BCUT2D eigenvalue weighted by Gasteiger charge is 2.05. The van der Waals surface area contributed by atoms with Crippen molar-refractivity contribution in [1.82, 2.24) is 0 Å². The molecule has 0 aliphatic carbocycles. The zero-order chi connectivity index (χ0) is 26.5. The number of para-hydroxylation sites is 1. The summed E-state index contributed by atoms with van der Waals surface area (Å²) in [6, 6.07) is 16.8. The number of aryl methyl sites for hydroxylation is 1. The van der Waals surface area contributed by atoms with Crippen LogP contribution in [0.15, 0.2) is 103 Å². The molecular formula is C32H46N2O. The SMILES string of the molecule is C=C/C=C\C(=C/C)C(=C)OCc1ccc(/C(=C\CC)Nc2ccccc2C)cc1.CCC.CCN. The van der Waals surface area contributed by atoms with E-state index in [1.807, 2.05) is 32.1 Å². The van der Waals surface area contributed by atoms with Gasteiger partial charge < -0.3 is 15.8 Å². The molecule has 190 valence electrons. The van der Waals surface area contributed by atoms with Crippen molar-refractivity contribution in [3.05, 3.63) is 120 Å². The average Bonchev–Trinajstić information content (AvgIpc) is 2.85. The van der Waals surface area contributed by atoms with Crippen molar-refractivity contribution >= 4 is 11.4 Å². The van der Waals surface area contributed by atoms with Gasteiger partial charge in [0.2, 0.25) is 0 Å². The van der Waals surface area contributed by atoms with E-state index in [0.717, 1.165) is 41.1 Å². The Morgan fingerprint density at radius 2 is 1.63 bits per heavy atom. The van der Waals surface area contributed by atoms with Gasteiger partial charge in [0.25, 0.3) is 0 Å². The molecule has 0 aromatic heterocycles. The van der Waals surface area contributed by atoms with Crippen molar-refractivity contribution in [2.75, 3.05) is 11.9 Å². The third kappa shape index (κ3) is 13.2. The van der Waals surface area contributed by atoms with E-state index in [-0.39, 0.29) is 0 Å². The Morgan fingerprint density at radius 1 is 1.03 bits per heavy atom. The zero-order valence-electron chi connectivity index (χ0n) is 22.7. The monoisotopic (exact) mass is 474 g/mol. The Labute approximate surface area is 214 Å². The maximum atomic E-state index is 5.86. The Kier molecular flexibility index (Phi) is 18.2. The summed E-state index contributed by atoms with van der Waals surface area (Å²) >= 11 is 0. The summed E-state index contributed by atoms with van der Waals surface area (Å²) in [7, 11) is 0. The van der Waals surface area contributed by atoms with Gasteiger partial charge in [-0.3, -0.25) is 0 Å². The van der Waals surface area contributed by atoms with Crippen LogP contribution in [0.2, 0.25) is 0 Å². The Morgan fingerprint density at radius 3 is 2.14 bits per heavy atom. The van der Waals surface area contributed by atoms with Gasteiger partial charge in [0.1, 0.15) is 12.4 Å². The average molecular weight is 475 g/mol. The quantitative estimate of drug-likeness (QED) is 0.267. The molecule has 2 rings (SSSR count). The Balaban J connectivity index is 0.00000174. The third-order valence-corrected chi connectivity index (χ3v) is 4.55. The number of benzene rings is 2. The van der Waals surface area contributed by atoms with Crippen molar-refractivity contribution in [3.63, 3.8) is 0 Å². The van der Waals surface area contributed by atoms with Gasteiger partial charge in [0.15, 0.2) is 0 Å². The third-order valence-electron chi connectivity index (χ3n) is 4.55. The first-order valence-electron chi connectivity index (χ1n) is 12.5. The topological polar surface area (TPSA) is 47.3 Å². The fourth-order valence-corrected chi connectivity index (χ4v) is 2.86. The molecule has 3 nitrogen and oxygen atoms in total. The van der Waals surface area contributed by atoms with Gasteiger partial charge in [-0.05, 0) is 49.6 Å². The molecule has 0 amide bonds. The molecule has 0 spiro atoms. The fourth-order valence-electron chi connectivity index (χ4n) is 2.86. The molecule has 3 N–H and O–H groups in total. The summed E-state index contributed by atoms with van der Waals surface area (Å²) < 4.78 is 5.86. The first-order chi connectivity index (χ1) is 16.9. The van der Waals surface area contributed by atoms with Crippen molar-refractivity contribution < 1.29 is 4.74 Å². The maximum absolute atomic E-state index is 5.86. The number of hydrogen-bond donors (Lipinski definition) is 2. The molecule has 3 heteroatoms. The molecule has 0 unspecified atom stereocenters. The first-order valence-corrected chi connectivity index (χ1v) is 12.5. The van der Waals surface area contributed by atoms with Crippen LogP contribution >= 0.6 is 0 Å². The number of rotatable bonds is 10. The predicted octanol–water partition coefficient (Wildman–Crippen LogP) is 8.96. The van der Waals surface area contributed by atoms with Crippen molar-refractivity contribution in [1.29, 1.82) is 0 Å². The molecule has 0 fully saturated rings. The standard InChI is InChI=1S/C27H31NO.C3H8.C2H7N/c1-6-9-14-24(8-3)22(5)29-20-23-16-18-25(19-17-23)27(12-7-2)28-26-15-11-10-13-21(26)4;1-3-2;1-2-3/h6,8-19,28H,1,5,7,20H2,2-4H3;3H2,1-2H3;2-3H2,1H3/b14-9-,24-8+,27-12+;;. The van der Waals surface area contributed by atoms with Crippen LogP contribution in [0, 0.1) is 6.92 Å².